The highest BCUT2D eigenvalue weighted by atomic mass is 35.5. The van der Waals surface area contributed by atoms with Crippen molar-refractivity contribution >= 4 is 11.6 Å². The zero-order chi connectivity index (χ0) is 9.97. The van der Waals surface area contributed by atoms with E-state index in [1.165, 1.54) is 0 Å². The molecule has 14 heavy (non-hydrogen) atoms. The lowest BCUT2D eigenvalue weighted by molar-refractivity contribution is -0.212. The molecule has 2 rings (SSSR count). The Morgan fingerprint density at radius 1 is 1.36 bits per heavy atom. The van der Waals surface area contributed by atoms with Crippen LogP contribution in [0.15, 0.2) is 24.3 Å². The second kappa shape index (κ2) is 4.30. The van der Waals surface area contributed by atoms with Gasteiger partial charge in [-0.25, -0.2) is 0 Å². The van der Waals surface area contributed by atoms with E-state index >= 15 is 0 Å². The van der Waals surface area contributed by atoms with Crippen LogP contribution in [0.25, 0.3) is 0 Å². The molecule has 0 aliphatic carbocycles. The fraction of sp³-hybridized carbons (Fsp3) is 0.455. The summed E-state index contributed by atoms with van der Waals surface area (Å²) >= 11 is 6.05. The van der Waals surface area contributed by atoms with E-state index in [0.29, 0.717) is 5.02 Å². The molecule has 0 bridgehead atoms. The quantitative estimate of drug-likeness (QED) is 0.712. The summed E-state index contributed by atoms with van der Waals surface area (Å²) in [6.07, 6.45) is 0.887. The van der Waals surface area contributed by atoms with Gasteiger partial charge in [-0.15, -0.1) is 0 Å². The van der Waals surface area contributed by atoms with Crippen LogP contribution in [0, 0.1) is 0 Å². The van der Waals surface area contributed by atoms with Crippen molar-refractivity contribution in [1.29, 1.82) is 0 Å². The molecule has 0 saturated carbocycles. The molecule has 1 fully saturated rings. The van der Waals surface area contributed by atoms with Crippen molar-refractivity contribution in [3.63, 3.8) is 0 Å². The average Bonchev–Trinajstić information content (AvgIpc) is 2.18. The number of hydrogen-bond donors (Lipinski definition) is 0. The van der Waals surface area contributed by atoms with E-state index < -0.39 is 0 Å². The molecule has 2 nitrogen and oxygen atoms in total. The topological polar surface area (TPSA) is 18.5 Å². The molecule has 0 unspecified atom stereocenters. The van der Waals surface area contributed by atoms with Gasteiger partial charge in [0.1, 0.15) is 0 Å². The van der Waals surface area contributed by atoms with E-state index in [1.54, 1.807) is 0 Å². The summed E-state index contributed by atoms with van der Waals surface area (Å²) in [7, 11) is 0. The Bertz CT molecular complexity index is 314. The minimum absolute atomic E-state index is 0.241. The molecular weight excluding hydrogens is 200 g/mol. The lowest BCUT2D eigenvalue weighted by atomic mass is 10.2. The number of hydrogen-bond acceptors (Lipinski definition) is 2. The highest BCUT2D eigenvalue weighted by Gasteiger charge is 2.22. The summed E-state index contributed by atoms with van der Waals surface area (Å²) in [6.45, 7) is 2.78. The van der Waals surface area contributed by atoms with Crippen molar-refractivity contribution in [2.24, 2.45) is 0 Å². The zero-order valence-electron chi connectivity index (χ0n) is 8.07. The smallest absolute Gasteiger partial charge is 0.185 e. The lowest BCUT2D eigenvalue weighted by Crippen LogP contribution is -2.24. The number of halogens is 1. The van der Waals surface area contributed by atoms with Crippen LogP contribution in [0.5, 0.6) is 0 Å². The Morgan fingerprint density at radius 2 is 2.14 bits per heavy atom. The maximum Gasteiger partial charge on any atom is 0.185 e. The van der Waals surface area contributed by atoms with Gasteiger partial charge < -0.3 is 9.47 Å². The predicted octanol–water partition coefficient (Wildman–Crippen LogP) is 3.16. The van der Waals surface area contributed by atoms with E-state index in [0.717, 1.165) is 18.6 Å². The number of ether oxygens (including phenoxy) is 2. The summed E-state index contributed by atoms with van der Waals surface area (Å²) in [5.41, 5.74) is 0.917. The van der Waals surface area contributed by atoms with Gasteiger partial charge in [-0.05, 0) is 19.4 Å². The van der Waals surface area contributed by atoms with Gasteiger partial charge in [0.25, 0.3) is 0 Å². The Morgan fingerprint density at radius 3 is 2.86 bits per heavy atom. The first-order chi connectivity index (χ1) is 6.77. The number of rotatable bonds is 1. The molecule has 76 valence electrons. The van der Waals surface area contributed by atoms with Gasteiger partial charge in [0.05, 0.1) is 12.7 Å². The monoisotopic (exact) mass is 212 g/mol. The van der Waals surface area contributed by atoms with Gasteiger partial charge in [0, 0.05) is 10.6 Å². The van der Waals surface area contributed by atoms with Crippen LogP contribution in [0.2, 0.25) is 5.02 Å². The van der Waals surface area contributed by atoms with Gasteiger partial charge in [0.2, 0.25) is 0 Å². The zero-order valence-corrected chi connectivity index (χ0v) is 8.83. The van der Waals surface area contributed by atoms with Crippen LogP contribution in [0.3, 0.4) is 0 Å². The van der Waals surface area contributed by atoms with Crippen molar-refractivity contribution in [3.8, 4) is 0 Å². The van der Waals surface area contributed by atoms with Crippen LogP contribution >= 0.6 is 11.6 Å². The molecule has 1 aromatic carbocycles. The Hall–Kier alpha value is -0.570. The van der Waals surface area contributed by atoms with Crippen LogP contribution < -0.4 is 0 Å². The van der Waals surface area contributed by atoms with Crippen LogP contribution in [0.4, 0.5) is 0 Å². The van der Waals surface area contributed by atoms with E-state index in [1.807, 2.05) is 31.2 Å². The van der Waals surface area contributed by atoms with Gasteiger partial charge in [0.15, 0.2) is 6.29 Å². The third-order valence-electron chi connectivity index (χ3n) is 2.31. The molecule has 0 radical (unpaired) electrons. The second-order valence-electron chi connectivity index (χ2n) is 3.46. The molecule has 1 heterocycles. The third-order valence-corrected chi connectivity index (χ3v) is 2.65. The first-order valence-corrected chi connectivity index (χ1v) is 5.16. The van der Waals surface area contributed by atoms with Crippen molar-refractivity contribution in [1.82, 2.24) is 0 Å². The molecule has 3 heteroatoms. The van der Waals surface area contributed by atoms with Crippen molar-refractivity contribution < 1.29 is 9.47 Å². The highest BCUT2D eigenvalue weighted by molar-refractivity contribution is 6.31. The van der Waals surface area contributed by atoms with E-state index in [9.17, 15) is 0 Å². The van der Waals surface area contributed by atoms with Gasteiger partial charge in [-0.2, -0.15) is 0 Å². The summed E-state index contributed by atoms with van der Waals surface area (Å²) in [6, 6.07) is 7.62. The predicted molar refractivity (Wildman–Crippen MR) is 55.3 cm³/mol. The largest absolute Gasteiger partial charge is 0.348 e. The van der Waals surface area contributed by atoms with Gasteiger partial charge >= 0.3 is 0 Å². The molecule has 0 N–H and O–H groups in total. The third kappa shape index (κ3) is 2.08. The van der Waals surface area contributed by atoms with Crippen molar-refractivity contribution in [2.45, 2.75) is 25.7 Å². The van der Waals surface area contributed by atoms with E-state index in [2.05, 4.69) is 0 Å². The van der Waals surface area contributed by atoms with Crippen LogP contribution in [0.1, 0.15) is 25.2 Å². The molecule has 0 spiro atoms. The molecule has 1 aromatic rings. The first kappa shape index (κ1) is 9.97. The molecule has 0 aromatic heterocycles. The van der Waals surface area contributed by atoms with Crippen LogP contribution in [-0.4, -0.2) is 12.7 Å². The van der Waals surface area contributed by atoms with Crippen molar-refractivity contribution in [2.75, 3.05) is 6.61 Å². The average molecular weight is 213 g/mol. The summed E-state index contributed by atoms with van der Waals surface area (Å²) in [5.74, 6) is 0. The molecule has 1 aliphatic rings. The second-order valence-corrected chi connectivity index (χ2v) is 3.87. The summed E-state index contributed by atoms with van der Waals surface area (Å²) < 4.78 is 11.2. The van der Waals surface area contributed by atoms with E-state index in [-0.39, 0.29) is 12.4 Å². The normalized spacial score (nSPS) is 27.6. The minimum Gasteiger partial charge on any atom is -0.348 e. The molecule has 2 atom stereocenters. The number of benzene rings is 1. The van der Waals surface area contributed by atoms with Crippen molar-refractivity contribution in [3.05, 3.63) is 34.9 Å². The lowest BCUT2D eigenvalue weighted by Gasteiger charge is -2.28. The molecule has 0 amide bonds. The SMILES string of the molecule is C[C@@H]1CCO[C@H](c2ccccc2Cl)O1. The van der Waals surface area contributed by atoms with Crippen LogP contribution in [-0.2, 0) is 9.47 Å². The molecular formula is C11H13ClO2. The van der Waals surface area contributed by atoms with Gasteiger partial charge in [-0.1, -0.05) is 29.8 Å². The minimum atomic E-state index is -0.299. The Kier molecular flexibility index (Phi) is 3.06. The maximum atomic E-state index is 6.05. The fourth-order valence-corrected chi connectivity index (χ4v) is 1.71. The molecule has 1 aliphatic heterocycles. The standard InChI is InChI=1S/C11H13ClO2/c1-8-6-7-13-11(14-8)9-4-2-3-5-10(9)12/h2-5,8,11H,6-7H2,1H3/t8-,11+/m1/s1. The maximum absolute atomic E-state index is 6.05. The summed E-state index contributed by atoms with van der Waals surface area (Å²) in [4.78, 5) is 0. The fourth-order valence-electron chi connectivity index (χ4n) is 1.49. The Labute approximate surface area is 88.8 Å². The van der Waals surface area contributed by atoms with Gasteiger partial charge in [-0.3, -0.25) is 0 Å². The highest BCUT2D eigenvalue weighted by Crippen LogP contribution is 2.30. The molecule has 1 saturated heterocycles. The Balaban J connectivity index is 2.18. The van der Waals surface area contributed by atoms with E-state index in [4.69, 9.17) is 21.1 Å². The summed E-state index contributed by atoms with van der Waals surface area (Å²) in [5, 5.41) is 0.701. The first-order valence-electron chi connectivity index (χ1n) is 4.79.